The number of carbonyl (C=O) groups is 1. The molecule has 0 radical (unpaired) electrons. The van der Waals surface area contributed by atoms with Gasteiger partial charge in [0, 0.05) is 24.7 Å². The van der Waals surface area contributed by atoms with Crippen molar-refractivity contribution in [2.24, 2.45) is 5.92 Å². The number of anilines is 1. The second kappa shape index (κ2) is 7.74. The van der Waals surface area contributed by atoms with Gasteiger partial charge in [0.05, 0.1) is 5.69 Å². The molecule has 5 heteroatoms. The number of hydrogen-bond acceptors (Lipinski definition) is 2. The van der Waals surface area contributed by atoms with Gasteiger partial charge in [0.2, 0.25) is 0 Å². The number of benzene rings is 2. The fourth-order valence-corrected chi connectivity index (χ4v) is 3.24. The third-order valence-electron chi connectivity index (χ3n) is 4.54. The van der Waals surface area contributed by atoms with Crippen LogP contribution in [0.5, 0.6) is 0 Å². The summed E-state index contributed by atoms with van der Waals surface area (Å²) in [7, 11) is 0. The van der Waals surface area contributed by atoms with Crippen LogP contribution in [0, 0.1) is 17.6 Å². The second-order valence-electron chi connectivity index (χ2n) is 6.76. The van der Waals surface area contributed by atoms with Gasteiger partial charge in [0.25, 0.3) is 5.91 Å². The van der Waals surface area contributed by atoms with Gasteiger partial charge >= 0.3 is 0 Å². The number of halogens is 2. The van der Waals surface area contributed by atoms with Crippen molar-refractivity contribution in [3.8, 4) is 0 Å². The normalized spacial score (nSPS) is 18.1. The number of carbonyl (C=O) groups excluding carboxylic acids is 1. The van der Waals surface area contributed by atoms with E-state index in [0.717, 1.165) is 43.2 Å². The van der Waals surface area contributed by atoms with Crippen molar-refractivity contribution in [3.63, 3.8) is 0 Å². The van der Waals surface area contributed by atoms with Gasteiger partial charge in [-0.1, -0.05) is 19.1 Å². The van der Waals surface area contributed by atoms with Gasteiger partial charge in [-0.3, -0.25) is 9.69 Å². The predicted molar refractivity (Wildman–Crippen MR) is 94.4 cm³/mol. The van der Waals surface area contributed by atoms with Crippen molar-refractivity contribution < 1.29 is 13.6 Å². The summed E-state index contributed by atoms with van der Waals surface area (Å²) in [5.74, 6) is -1.15. The molecule has 2 aromatic carbocycles. The zero-order valence-electron chi connectivity index (χ0n) is 14.3. The van der Waals surface area contributed by atoms with Crippen LogP contribution in [-0.2, 0) is 6.54 Å². The number of nitrogens with zero attached hydrogens (tertiary/aromatic N) is 1. The highest BCUT2D eigenvalue weighted by Gasteiger charge is 2.16. The molecular weight excluding hydrogens is 322 g/mol. The van der Waals surface area contributed by atoms with E-state index in [4.69, 9.17) is 0 Å². The molecule has 3 rings (SSSR count). The molecule has 0 aliphatic carbocycles. The largest absolute Gasteiger partial charge is 0.319 e. The maximum Gasteiger partial charge on any atom is 0.255 e. The van der Waals surface area contributed by atoms with Crippen molar-refractivity contribution >= 4 is 11.6 Å². The van der Waals surface area contributed by atoms with Gasteiger partial charge in [-0.2, -0.15) is 0 Å². The van der Waals surface area contributed by atoms with Crippen LogP contribution in [0.2, 0.25) is 0 Å². The Hall–Kier alpha value is -2.27. The lowest BCUT2D eigenvalue weighted by Gasteiger charge is -2.30. The smallest absolute Gasteiger partial charge is 0.255 e. The summed E-state index contributed by atoms with van der Waals surface area (Å²) in [5.41, 5.74) is 1.57. The highest BCUT2D eigenvalue weighted by Crippen LogP contribution is 2.19. The third-order valence-corrected chi connectivity index (χ3v) is 4.54. The fraction of sp³-hybridized carbons (Fsp3) is 0.350. The van der Waals surface area contributed by atoms with Crippen LogP contribution in [0.15, 0.2) is 42.5 Å². The Bertz CT molecular complexity index is 746. The molecular formula is C20H22F2N2O. The molecule has 1 heterocycles. The summed E-state index contributed by atoms with van der Waals surface area (Å²) in [5, 5.41) is 2.47. The van der Waals surface area contributed by atoms with Gasteiger partial charge in [-0.15, -0.1) is 0 Å². The zero-order chi connectivity index (χ0) is 17.8. The molecule has 1 N–H and O–H groups in total. The van der Waals surface area contributed by atoms with Crippen molar-refractivity contribution in [1.29, 1.82) is 0 Å². The lowest BCUT2D eigenvalue weighted by Crippen LogP contribution is -2.33. The SMILES string of the molecule is C[C@@H]1CCCN(Cc2ccc(C(=O)Nc3ccc(F)cc3F)cc2)C1. The van der Waals surface area contributed by atoms with Crippen molar-refractivity contribution in [3.05, 3.63) is 65.2 Å². The molecule has 3 nitrogen and oxygen atoms in total. The molecule has 1 aliphatic heterocycles. The number of rotatable bonds is 4. The first kappa shape index (κ1) is 17.5. The number of nitrogens with one attached hydrogen (secondary N) is 1. The fourth-order valence-electron chi connectivity index (χ4n) is 3.24. The highest BCUT2D eigenvalue weighted by molar-refractivity contribution is 6.04. The van der Waals surface area contributed by atoms with Crippen LogP contribution in [-0.4, -0.2) is 23.9 Å². The van der Waals surface area contributed by atoms with Crippen molar-refractivity contribution in [2.75, 3.05) is 18.4 Å². The van der Waals surface area contributed by atoms with E-state index in [9.17, 15) is 13.6 Å². The molecule has 2 aromatic rings. The maximum atomic E-state index is 13.6. The standard InChI is InChI=1S/C20H22F2N2O/c1-14-3-2-10-24(12-14)13-15-4-6-16(7-5-15)20(25)23-19-9-8-17(21)11-18(19)22/h4-9,11,14H,2-3,10,12-13H2,1H3,(H,23,25)/t14-/m1/s1. The van der Waals surface area contributed by atoms with Crippen LogP contribution in [0.25, 0.3) is 0 Å². The van der Waals surface area contributed by atoms with E-state index in [1.165, 1.54) is 18.9 Å². The maximum absolute atomic E-state index is 13.6. The highest BCUT2D eigenvalue weighted by atomic mass is 19.1. The van der Waals surface area contributed by atoms with Gasteiger partial charge < -0.3 is 5.32 Å². The van der Waals surface area contributed by atoms with E-state index >= 15 is 0 Å². The Labute approximate surface area is 146 Å². The molecule has 1 atom stereocenters. The molecule has 0 aromatic heterocycles. The summed E-state index contributed by atoms with van der Waals surface area (Å²) in [4.78, 5) is 14.6. The van der Waals surface area contributed by atoms with Crippen molar-refractivity contribution in [1.82, 2.24) is 4.90 Å². The first-order chi connectivity index (χ1) is 12.0. The number of piperidine rings is 1. The van der Waals surface area contributed by atoms with Gasteiger partial charge in [-0.05, 0) is 55.1 Å². The third kappa shape index (κ3) is 4.63. The Balaban J connectivity index is 1.62. The summed E-state index contributed by atoms with van der Waals surface area (Å²) in [6, 6.07) is 10.4. The van der Waals surface area contributed by atoms with E-state index in [1.54, 1.807) is 12.1 Å². The summed E-state index contributed by atoms with van der Waals surface area (Å²) in [6.45, 7) is 5.36. The average molecular weight is 344 g/mol. The Kier molecular flexibility index (Phi) is 5.43. The van der Waals surface area contributed by atoms with E-state index in [1.807, 2.05) is 12.1 Å². The monoisotopic (exact) mass is 344 g/mol. The van der Waals surface area contributed by atoms with E-state index in [0.29, 0.717) is 5.56 Å². The van der Waals surface area contributed by atoms with Crippen LogP contribution in [0.3, 0.4) is 0 Å². The number of likely N-dealkylation sites (tertiary alicyclic amines) is 1. The molecule has 1 fully saturated rings. The predicted octanol–water partition coefficient (Wildman–Crippen LogP) is 4.45. The van der Waals surface area contributed by atoms with Crippen LogP contribution in [0.4, 0.5) is 14.5 Å². The Morgan fingerprint density at radius 3 is 2.64 bits per heavy atom. The molecule has 1 aliphatic rings. The minimum Gasteiger partial charge on any atom is -0.319 e. The molecule has 0 bridgehead atoms. The minimum atomic E-state index is -0.788. The van der Waals surface area contributed by atoms with Gasteiger partial charge in [0.1, 0.15) is 11.6 Å². The molecule has 1 saturated heterocycles. The Morgan fingerprint density at radius 1 is 1.20 bits per heavy atom. The Morgan fingerprint density at radius 2 is 1.96 bits per heavy atom. The van der Waals surface area contributed by atoms with Crippen molar-refractivity contribution in [2.45, 2.75) is 26.3 Å². The lowest BCUT2D eigenvalue weighted by atomic mass is 9.99. The minimum absolute atomic E-state index is 0.0298. The molecule has 132 valence electrons. The zero-order valence-corrected chi connectivity index (χ0v) is 14.3. The number of amides is 1. The van der Waals surface area contributed by atoms with Crippen LogP contribution >= 0.6 is 0 Å². The summed E-state index contributed by atoms with van der Waals surface area (Å²) < 4.78 is 26.5. The number of hydrogen-bond donors (Lipinski definition) is 1. The molecule has 0 spiro atoms. The molecule has 0 saturated carbocycles. The molecule has 25 heavy (non-hydrogen) atoms. The van der Waals surface area contributed by atoms with Crippen LogP contribution in [0.1, 0.15) is 35.7 Å². The quantitative estimate of drug-likeness (QED) is 0.889. The first-order valence-electron chi connectivity index (χ1n) is 8.59. The lowest BCUT2D eigenvalue weighted by molar-refractivity contribution is 0.102. The van der Waals surface area contributed by atoms with Gasteiger partial charge in [0.15, 0.2) is 0 Å². The van der Waals surface area contributed by atoms with Gasteiger partial charge in [-0.25, -0.2) is 8.78 Å². The van der Waals surface area contributed by atoms with E-state index in [2.05, 4.69) is 17.1 Å². The molecule has 1 amide bonds. The van der Waals surface area contributed by atoms with E-state index in [-0.39, 0.29) is 5.69 Å². The second-order valence-corrected chi connectivity index (χ2v) is 6.76. The first-order valence-corrected chi connectivity index (χ1v) is 8.59. The topological polar surface area (TPSA) is 32.3 Å². The van der Waals surface area contributed by atoms with E-state index < -0.39 is 17.5 Å². The molecule has 0 unspecified atom stereocenters. The van der Waals surface area contributed by atoms with Crippen LogP contribution < -0.4 is 5.32 Å². The average Bonchev–Trinajstić information content (AvgIpc) is 2.58. The summed E-state index contributed by atoms with van der Waals surface area (Å²) in [6.07, 6.45) is 2.51. The summed E-state index contributed by atoms with van der Waals surface area (Å²) >= 11 is 0.